The van der Waals surface area contributed by atoms with E-state index >= 15 is 0 Å². The molecule has 0 unspecified atom stereocenters. The zero-order chi connectivity index (χ0) is 15.7. The van der Waals surface area contributed by atoms with Gasteiger partial charge in [0.2, 0.25) is 0 Å². The number of hydrogen-bond acceptors (Lipinski definition) is 1. The fourth-order valence-corrected chi connectivity index (χ4v) is 3.19. The second kappa shape index (κ2) is 5.73. The lowest BCUT2D eigenvalue weighted by atomic mass is 9.79. The van der Waals surface area contributed by atoms with E-state index < -0.39 is 5.41 Å². The molecule has 0 amide bonds. The van der Waals surface area contributed by atoms with Crippen LogP contribution < -0.4 is 0 Å². The summed E-state index contributed by atoms with van der Waals surface area (Å²) >= 11 is 3.48. The molecule has 112 valence electrons. The molecule has 1 aromatic heterocycles. The topological polar surface area (TPSA) is 32.9 Å². The van der Waals surface area contributed by atoms with Crippen molar-refractivity contribution < 1.29 is 4.79 Å². The van der Waals surface area contributed by atoms with Crippen LogP contribution in [0.1, 0.15) is 29.8 Å². The van der Waals surface area contributed by atoms with Crippen molar-refractivity contribution in [2.45, 2.75) is 20.3 Å². The van der Waals surface area contributed by atoms with E-state index in [0.717, 1.165) is 27.4 Å². The largest absolute Gasteiger partial charge is 0.360 e. The summed E-state index contributed by atoms with van der Waals surface area (Å²) in [5, 5.41) is 0.973. The molecule has 0 saturated carbocycles. The number of hydrogen-bond donors (Lipinski definition) is 1. The van der Waals surface area contributed by atoms with Gasteiger partial charge in [-0.2, -0.15) is 0 Å². The number of Topliss-reactive ketones (excluding diaryl/α,β-unsaturated/α-hetero) is 1. The van der Waals surface area contributed by atoms with E-state index in [1.54, 1.807) is 0 Å². The van der Waals surface area contributed by atoms with Gasteiger partial charge in [-0.3, -0.25) is 4.79 Å². The van der Waals surface area contributed by atoms with Crippen molar-refractivity contribution in [3.8, 4) is 0 Å². The predicted octanol–water partition coefficient (Wildman–Crippen LogP) is 5.38. The number of aromatic amines is 1. The second-order valence-electron chi connectivity index (χ2n) is 6.27. The van der Waals surface area contributed by atoms with E-state index in [4.69, 9.17) is 0 Å². The molecule has 0 aliphatic rings. The van der Waals surface area contributed by atoms with Gasteiger partial charge >= 0.3 is 0 Å². The van der Waals surface area contributed by atoms with Gasteiger partial charge in [0.25, 0.3) is 0 Å². The van der Waals surface area contributed by atoms with Crippen LogP contribution in [0.5, 0.6) is 0 Å². The molecule has 22 heavy (non-hydrogen) atoms. The monoisotopic (exact) mass is 355 g/mol. The minimum atomic E-state index is -0.446. The third-order valence-electron chi connectivity index (χ3n) is 3.99. The molecule has 0 radical (unpaired) electrons. The van der Waals surface area contributed by atoms with Gasteiger partial charge in [0.05, 0.1) is 0 Å². The molecule has 0 fully saturated rings. The number of nitrogens with one attached hydrogen (secondary N) is 1. The Morgan fingerprint density at radius 2 is 1.86 bits per heavy atom. The van der Waals surface area contributed by atoms with Gasteiger partial charge in [-0.1, -0.05) is 60.1 Å². The highest BCUT2D eigenvalue weighted by atomic mass is 79.9. The number of carbonyl (C=O) groups is 1. The Morgan fingerprint density at radius 3 is 2.59 bits per heavy atom. The van der Waals surface area contributed by atoms with E-state index in [0.29, 0.717) is 0 Å². The second-order valence-corrected chi connectivity index (χ2v) is 7.18. The van der Waals surface area contributed by atoms with Crippen LogP contribution in [-0.2, 0) is 6.42 Å². The number of aromatic nitrogens is 1. The molecular formula is C19H18BrNO. The normalized spacial score (nSPS) is 11.8. The van der Waals surface area contributed by atoms with Gasteiger partial charge in [-0.15, -0.1) is 0 Å². The Labute approximate surface area is 138 Å². The Morgan fingerprint density at radius 1 is 1.14 bits per heavy atom. The first-order chi connectivity index (χ1) is 10.5. The minimum Gasteiger partial charge on any atom is -0.360 e. The SMILES string of the molecule is CC(C)(Cc1ccccc1)C(=O)c1c[nH]c2ccc(Br)cc12. The molecule has 3 aromatic rings. The number of fused-ring (bicyclic) bond motifs is 1. The van der Waals surface area contributed by atoms with E-state index in [2.05, 4.69) is 33.0 Å². The first kappa shape index (κ1) is 15.0. The van der Waals surface area contributed by atoms with Crippen molar-refractivity contribution in [1.82, 2.24) is 4.98 Å². The van der Waals surface area contributed by atoms with Crippen LogP contribution >= 0.6 is 15.9 Å². The maximum Gasteiger partial charge on any atom is 0.170 e. The third-order valence-corrected chi connectivity index (χ3v) is 4.49. The van der Waals surface area contributed by atoms with Gasteiger partial charge < -0.3 is 4.98 Å². The van der Waals surface area contributed by atoms with Gasteiger partial charge in [0.15, 0.2) is 5.78 Å². The summed E-state index contributed by atoms with van der Waals surface area (Å²) in [5.74, 6) is 0.167. The van der Waals surface area contributed by atoms with Crippen LogP contribution in [-0.4, -0.2) is 10.8 Å². The molecule has 0 aliphatic heterocycles. The van der Waals surface area contributed by atoms with Crippen LogP contribution in [0.3, 0.4) is 0 Å². The first-order valence-electron chi connectivity index (χ1n) is 7.33. The number of ketones is 1. The highest BCUT2D eigenvalue weighted by molar-refractivity contribution is 9.10. The lowest BCUT2D eigenvalue weighted by Gasteiger charge is -2.23. The van der Waals surface area contributed by atoms with Gasteiger partial charge in [0, 0.05) is 32.6 Å². The first-order valence-corrected chi connectivity index (χ1v) is 8.12. The van der Waals surface area contributed by atoms with Crippen molar-refractivity contribution in [2.24, 2.45) is 5.41 Å². The van der Waals surface area contributed by atoms with Crippen molar-refractivity contribution in [2.75, 3.05) is 0 Å². The third kappa shape index (κ3) is 2.86. The molecule has 1 heterocycles. The summed E-state index contributed by atoms with van der Waals surface area (Å²) in [6.07, 6.45) is 2.56. The summed E-state index contributed by atoms with van der Waals surface area (Å²) in [6.45, 7) is 4.03. The highest BCUT2D eigenvalue weighted by Crippen LogP contribution is 2.31. The summed E-state index contributed by atoms with van der Waals surface area (Å²) in [7, 11) is 0. The Balaban J connectivity index is 1.96. The Hall–Kier alpha value is -1.87. The average molecular weight is 356 g/mol. The van der Waals surface area contributed by atoms with E-state index in [9.17, 15) is 4.79 Å². The molecule has 1 N–H and O–H groups in total. The number of halogens is 1. The predicted molar refractivity (Wildman–Crippen MR) is 94.3 cm³/mol. The molecular weight excluding hydrogens is 338 g/mol. The number of H-pyrrole nitrogens is 1. The lowest BCUT2D eigenvalue weighted by Crippen LogP contribution is -2.26. The zero-order valence-electron chi connectivity index (χ0n) is 12.7. The van der Waals surface area contributed by atoms with E-state index in [1.807, 2.05) is 56.4 Å². The molecule has 3 heteroatoms. The van der Waals surface area contributed by atoms with Crippen LogP contribution in [0.15, 0.2) is 59.2 Å². The number of rotatable bonds is 4. The summed E-state index contributed by atoms with van der Waals surface area (Å²) in [4.78, 5) is 16.2. The van der Waals surface area contributed by atoms with Crippen LogP contribution in [0.4, 0.5) is 0 Å². The smallest absolute Gasteiger partial charge is 0.170 e. The van der Waals surface area contributed by atoms with E-state index in [-0.39, 0.29) is 5.78 Å². The van der Waals surface area contributed by atoms with Crippen LogP contribution in [0.25, 0.3) is 10.9 Å². The quantitative estimate of drug-likeness (QED) is 0.626. The molecule has 0 atom stereocenters. The Bertz CT molecular complexity index is 818. The van der Waals surface area contributed by atoms with Crippen LogP contribution in [0.2, 0.25) is 0 Å². The number of benzene rings is 2. The van der Waals surface area contributed by atoms with Crippen molar-refractivity contribution in [1.29, 1.82) is 0 Å². The molecule has 0 aliphatic carbocycles. The van der Waals surface area contributed by atoms with Crippen molar-refractivity contribution in [3.05, 3.63) is 70.3 Å². The van der Waals surface area contributed by atoms with Crippen molar-refractivity contribution in [3.63, 3.8) is 0 Å². The summed E-state index contributed by atoms with van der Waals surface area (Å²) in [5.41, 5.74) is 2.49. The zero-order valence-corrected chi connectivity index (χ0v) is 14.3. The van der Waals surface area contributed by atoms with E-state index in [1.165, 1.54) is 5.56 Å². The van der Waals surface area contributed by atoms with Gasteiger partial charge in [-0.05, 0) is 30.2 Å². The summed E-state index contributed by atoms with van der Waals surface area (Å²) in [6, 6.07) is 16.1. The molecule has 0 spiro atoms. The average Bonchev–Trinajstić information content (AvgIpc) is 2.89. The van der Waals surface area contributed by atoms with Crippen LogP contribution in [0, 0.1) is 5.41 Å². The molecule has 0 saturated heterocycles. The maximum absolute atomic E-state index is 13.0. The molecule has 3 rings (SSSR count). The molecule has 2 nitrogen and oxygen atoms in total. The highest BCUT2D eigenvalue weighted by Gasteiger charge is 2.30. The fourth-order valence-electron chi connectivity index (χ4n) is 2.83. The molecule has 0 bridgehead atoms. The Kier molecular flexibility index (Phi) is 3.92. The molecule has 2 aromatic carbocycles. The van der Waals surface area contributed by atoms with Gasteiger partial charge in [-0.25, -0.2) is 0 Å². The number of carbonyl (C=O) groups excluding carboxylic acids is 1. The van der Waals surface area contributed by atoms with Gasteiger partial charge in [0.1, 0.15) is 0 Å². The fraction of sp³-hybridized carbons (Fsp3) is 0.211. The summed E-state index contributed by atoms with van der Waals surface area (Å²) < 4.78 is 0.981. The lowest BCUT2D eigenvalue weighted by molar-refractivity contribution is 0.0839. The maximum atomic E-state index is 13.0. The van der Waals surface area contributed by atoms with Crippen molar-refractivity contribution >= 4 is 32.6 Å². The minimum absolute atomic E-state index is 0.167. The standard InChI is InChI=1S/C19H18BrNO/c1-19(2,11-13-6-4-3-5-7-13)18(22)16-12-21-17-9-8-14(20)10-15(16)17/h3-10,12,21H,11H2,1-2H3.